The predicted octanol–water partition coefficient (Wildman–Crippen LogP) is 4.90. The van der Waals surface area contributed by atoms with Crippen LogP contribution in [0.2, 0.25) is 0 Å². The van der Waals surface area contributed by atoms with E-state index in [0.29, 0.717) is 29.2 Å². The third-order valence-electron chi connectivity index (χ3n) is 6.54. The number of benzene rings is 2. The summed E-state index contributed by atoms with van der Waals surface area (Å²) >= 11 is 0. The van der Waals surface area contributed by atoms with Crippen LogP contribution in [0.15, 0.2) is 65.5 Å². The van der Waals surface area contributed by atoms with E-state index in [4.69, 9.17) is 5.26 Å². The Balaban J connectivity index is 1.37. The Kier molecular flexibility index (Phi) is 5.66. The van der Waals surface area contributed by atoms with E-state index in [2.05, 4.69) is 15.7 Å². The minimum atomic E-state index is -4.75. The van der Waals surface area contributed by atoms with E-state index in [0.717, 1.165) is 37.3 Å². The number of aromatic nitrogens is 1. The fourth-order valence-corrected chi connectivity index (χ4v) is 5.23. The first-order chi connectivity index (χ1) is 16.3. The van der Waals surface area contributed by atoms with Gasteiger partial charge in [-0.2, -0.15) is 5.26 Å². The second kappa shape index (κ2) is 8.65. The fourth-order valence-electron chi connectivity index (χ4n) is 5.23. The molecule has 0 radical (unpaired) electrons. The predicted molar refractivity (Wildman–Crippen MR) is 120 cm³/mol. The van der Waals surface area contributed by atoms with Crippen molar-refractivity contribution in [2.75, 3.05) is 13.1 Å². The van der Waals surface area contributed by atoms with Gasteiger partial charge in [0, 0.05) is 43.4 Å². The van der Waals surface area contributed by atoms with Crippen molar-refractivity contribution in [1.82, 2.24) is 9.47 Å². The molecule has 3 heterocycles. The summed E-state index contributed by atoms with van der Waals surface area (Å²) in [5.41, 5.74) is 3.66. The standard InChI is InChI=1S/C26H22F3N3O2/c27-26(28,29)34-22-6-4-20(5-7-22)23-8-9-24-21-11-19(15-32(24)25(23)33)14-31(16-21)13-18-3-1-2-17(10-18)12-30/h1-10,19,21H,11,13-16H2/t19-,21-/m1/s1. The quantitative estimate of drug-likeness (QED) is 0.550. The molecular formula is C26H22F3N3O2. The number of hydrogen-bond acceptors (Lipinski definition) is 4. The Bertz CT molecular complexity index is 1310. The summed E-state index contributed by atoms with van der Waals surface area (Å²) in [7, 11) is 0. The van der Waals surface area contributed by atoms with Crippen molar-refractivity contribution in [3.8, 4) is 22.9 Å². The lowest BCUT2D eigenvalue weighted by atomic mass is 9.82. The van der Waals surface area contributed by atoms with E-state index >= 15 is 0 Å². The van der Waals surface area contributed by atoms with E-state index in [-0.39, 0.29) is 17.2 Å². The molecule has 34 heavy (non-hydrogen) atoms. The van der Waals surface area contributed by atoms with Gasteiger partial charge in [0.05, 0.1) is 11.6 Å². The average Bonchev–Trinajstić information content (AvgIpc) is 2.79. The summed E-state index contributed by atoms with van der Waals surface area (Å²) in [4.78, 5) is 15.7. The Hall–Kier alpha value is -3.57. The Morgan fingerprint density at radius 1 is 1.03 bits per heavy atom. The lowest BCUT2D eigenvalue weighted by Crippen LogP contribution is -2.46. The van der Waals surface area contributed by atoms with Crippen LogP contribution >= 0.6 is 0 Å². The molecule has 0 amide bonds. The number of likely N-dealkylation sites (tertiary alicyclic amines) is 1. The lowest BCUT2D eigenvalue weighted by molar-refractivity contribution is -0.274. The zero-order valence-corrected chi connectivity index (χ0v) is 18.3. The summed E-state index contributed by atoms with van der Waals surface area (Å²) in [6.07, 6.45) is -3.73. The monoisotopic (exact) mass is 465 g/mol. The van der Waals surface area contributed by atoms with Crippen molar-refractivity contribution in [3.63, 3.8) is 0 Å². The molecule has 2 aromatic carbocycles. The molecule has 174 valence electrons. The second-order valence-corrected chi connectivity index (χ2v) is 8.96. The van der Waals surface area contributed by atoms with Crippen molar-refractivity contribution in [2.24, 2.45) is 5.92 Å². The van der Waals surface area contributed by atoms with E-state index in [1.807, 2.05) is 28.8 Å². The number of hydrogen-bond donors (Lipinski definition) is 0. The number of fused-ring (bicyclic) bond motifs is 4. The molecule has 0 N–H and O–H groups in total. The highest BCUT2D eigenvalue weighted by Gasteiger charge is 2.35. The number of nitrogens with zero attached hydrogens (tertiary/aromatic N) is 3. The molecule has 2 aliphatic rings. The van der Waals surface area contributed by atoms with E-state index in [9.17, 15) is 18.0 Å². The molecule has 5 rings (SSSR count). The maximum Gasteiger partial charge on any atom is 0.573 e. The van der Waals surface area contributed by atoms with Gasteiger partial charge in [0.1, 0.15) is 5.75 Å². The molecule has 8 heteroatoms. The van der Waals surface area contributed by atoms with Crippen LogP contribution in [0.5, 0.6) is 5.75 Å². The van der Waals surface area contributed by atoms with E-state index < -0.39 is 6.36 Å². The van der Waals surface area contributed by atoms with Crippen molar-refractivity contribution in [2.45, 2.75) is 31.8 Å². The van der Waals surface area contributed by atoms with Gasteiger partial charge in [0.25, 0.3) is 5.56 Å². The molecule has 0 spiro atoms. The topological polar surface area (TPSA) is 58.3 Å². The van der Waals surface area contributed by atoms with Crippen LogP contribution in [0, 0.1) is 17.2 Å². The SMILES string of the molecule is N#Cc1cccc(CN2C[C@H]3C[C@H](C2)c2ccc(-c4ccc(OC(F)(F)F)cc4)c(=O)n2C3)c1. The molecular weight excluding hydrogens is 443 g/mol. The minimum Gasteiger partial charge on any atom is -0.406 e. The highest BCUT2D eigenvalue weighted by atomic mass is 19.4. The summed E-state index contributed by atoms with van der Waals surface area (Å²) in [6.45, 7) is 3.07. The number of pyridine rings is 1. The molecule has 0 saturated carbocycles. The first-order valence-corrected chi connectivity index (χ1v) is 11.1. The van der Waals surface area contributed by atoms with Gasteiger partial charge in [0.15, 0.2) is 0 Å². The Labute approximate surface area is 194 Å². The Morgan fingerprint density at radius 2 is 1.82 bits per heavy atom. The summed E-state index contributed by atoms with van der Waals surface area (Å²) in [5.74, 6) is 0.251. The number of halogens is 3. The van der Waals surface area contributed by atoms with Crippen molar-refractivity contribution >= 4 is 0 Å². The number of rotatable bonds is 4. The molecule has 2 bridgehead atoms. The van der Waals surface area contributed by atoms with Crippen molar-refractivity contribution in [1.29, 1.82) is 5.26 Å². The molecule has 2 atom stereocenters. The smallest absolute Gasteiger partial charge is 0.406 e. The van der Waals surface area contributed by atoms with Crippen LogP contribution in [0.3, 0.4) is 0 Å². The van der Waals surface area contributed by atoms with Gasteiger partial charge in [-0.3, -0.25) is 9.69 Å². The number of nitriles is 1. The van der Waals surface area contributed by atoms with E-state index in [1.165, 1.54) is 24.3 Å². The van der Waals surface area contributed by atoms with E-state index in [1.54, 1.807) is 12.1 Å². The highest BCUT2D eigenvalue weighted by molar-refractivity contribution is 5.63. The van der Waals surface area contributed by atoms with Crippen LogP contribution in [0.1, 0.15) is 29.2 Å². The van der Waals surface area contributed by atoms with Crippen LogP contribution in [-0.2, 0) is 13.1 Å². The number of alkyl halides is 3. The van der Waals surface area contributed by atoms with Crippen LogP contribution < -0.4 is 10.3 Å². The normalized spacial score (nSPS) is 19.8. The average molecular weight is 465 g/mol. The second-order valence-electron chi connectivity index (χ2n) is 8.96. The number of ether oxygens (including phenoxy) is 1. The molecule has 1 saturated heterocycles. The first kappa shape index (κ1) is 22.2. The summed E-state index contributed by atoms with van der Waals surface area (Å²) < 4.78 is 43.0. The molecule has 2 aliphatic heterocycles. The van der Waals surface area contributed by atoms with Gasteiger partial charge in [0.2, 0.25) is 0 Å². The Morgan fingerprint density at radius 3 is 2.56 bits per heavy atom. The van der Waals surface area contributed by atoms with Crippen LogP contribution in [0.25, 0.3) is 11.1 Å². The van der Waals surface area contributed by atoms with Crippen LogP contribution in [0.4, 0.5) is 13.2 Å². The number of piperidine rings is 1. The van der Waals surface area contributed by atoms with Crippen molar-refractivity contribution < 1.29 is 17.9 Å². The zero-order valence-electron chi connectivity index (χ0n) is 18.3. The minimum absolute atomic E-state index is 0.119. The zero-order chi connectivity index (χ0) is 23.9. The maximum absolute atomic E-state index is 13.3. The molecule has 1 fully saturated rings. The first-order valence-electron chi connectivity index (χ1n) is 11.1. The van der Waals surface area contributed by atoms with Gasteiger partial charge in [-0.05, 0) is 59.9 Å². The lowest BCUT2D eigenvalue weighted by Gasteiger charge is -2.43. The van der Waals surface area contributed by atoms with Gasteiger partial charge in [-0.1, -0.05) is 24.3 Å². The third-order valence-corrected chi connectivity index (χ3v) is 6.54. The largest absolute Gasteiger partial charge is 0.573 e. The maximum atomic E-state index is 13.3. The summed E-state index contributed by atoms with van der Waals surface area (Å²) in [5, 5.41) is 9.15. The van der Waals surface area contributed by atoms with Crippen molar-refractivity contribution in [3.05, 3.63) is 87.8 Å². The molecule has 0 unspecified atom stereocenters. The highest BCUT2D eigenvalue weighted by Crippen LogP contribution is 2.36. The van der Waals surface area contributed by atoms with Gasteiger partial charge >= 0.3 is 6.36 Å². The summed E-state index contributed by atoms with van der Waals surface area (Å²) in [6, 6.07) is 19.0. The van der Waals surface area contributed by atoms with Crippen LogP contribution in [-0.4, -0.2) is 28.9 Å². The fraction of sp³-hybridized carbons (Fsp3) is 0.308. The van der Waals surface area contributed by atoms with Gasteiger partial charge in [-0.25, -0.2) is 0 Å². The molecule has 0 aliphatic carbocycles. The van der Waals surface area contributed by atoms with Gasteiger partial charge in [-0.15, -0.1) is 13.2 Å². The molecule has 3 aromatic rings. The van der Waals surface area contributed by atoms with Gasteiger partial charge < -0.3 is 9.30 Å². The molecule has 1 aromatic heterocycles. The third kappa shape index (κ3) is 4.57. The molecule has 5 nitrogen and oxygen atoms in total.